The molecule has 5 rings (SSSR count). The Morgan fingerprint density at radius 1 is 1.13 bits per heavy atom. The minimum absolute atomic E-state index is 0.392. The Morgan fingerprint density at radius 3 is 2.63 bits per heavy atom. The number of nitrogens with zero attached hydrogens (tertiary/aromatic N) is 3. The van der Waals surface area contributed by atoms with E-state index < -0.39 is 5.60 Å². The zero-order chi connectivity index (χ0) is 20.9. The molecule has 0 bridgehead atoms. The smallest absolute Gasteiger partial charge is 0.146 e. The average molecular weight is 402 g/mol. The van der Waals surface area contributed by atoms with Crippen molar-refractivity contribution in [1.82, 2.24) is 14.5 Å². The Morgan fingerprint density at radius 2 is 1.90 bits per heavy atom. The molecule has 4 aromatic rings. The SMILES string of the molecule is CNc1ncnc2c1c(-c1ccc3cc(OC4CC4)ccc3c1)cn2CC(C)(C)O. The van der Waals surface area contributed by atoms with E-state index in [1.54, 1.807) is 20.2 Å². The number of nitrogens with one attached hydrogen (secondary N) is 1. The molecule has 2 aromatic carbocycles. The Kier molecular flexibility index (Phi) is 4.40. The Bertz CT molecular complexity index is 1240. The number of anilines is 1. The van der Waals surface area contributed by atoms with Crippen molar-refractivity contribution in [2.45, 2.75) is 44.9 Å². The topological polar surface area (TPSA) is 72.2 Å². The zero-order valence-corrected chi connectivity index (χ0v) is 17.5. The summed E-state index contributed by atoms with van der Waals surface area (Å²) in [5, 5.41) is 16.8. The van der Waals surface area contributed by atoms with Gasteiger partial charge in [0.25, 0.3) is 0 Å². The summed E-state index contributed by atoms with van der Waals surface area (Å²) in [6.07, 6.45) is 6.32. The first kappa shape index (κ1) is 18.9. The van der Waals surface area contributed by atoms with Gasteiger partial charge >= 0.3 is 0 Å². The number of rotatable bonds is 6. The van der Waals surface area contributed by atoms with Gasteiger partial charge in [-0.25, -0.2) is 9.97 Å². The quantitative estimate of drug-likeness (QED) is 0.493. The van der Waals surface area contributed by atoms with Crippen LogP contribution in [0.15, 0.2) is 48.9 Å². The molecule has 1 aliphatic rings. The maximum absolute atomic E-state index is 10.4. The number of ether oxygens (including phenoxy) is 1. The Hall–Kier alpha value is -3.12. The van der Waals surface area contributed by atoms with Gasteiger partial charge in [0.2, 0.25) is 0 Å². The first-order valence-electron chi connectivity index (χ1n) is 10.4. The van der Waals surface area contributed by atoms with Crippen molar-refractivity contribution >= 4 is 27.6 Å². The first-order valence-corrected chi connectivity index (χ1v) is 10.4. The van der Waals surface area contributed by atoms with Crippen LogP contribution in [0.1, 0.15) is 26.7 Å². The number of aromatic nitrogens is 3. The molecule has 0 unspecified atom stereocenters. The van der Waals surface area contributed by atoms with Crippen LogP contribution in [0.2, 0.25) is 0 Å². The van der Waals surface area contributed by atoms with Crippen molar-refractivity contribution in [3.63, 3.8) is 0 Å². The van der Waals surface area contributed by atoms with Crippen molar-refractivity contribution in [2.75, 3.05) is 12.4 Å². The first-order chi connectivity index (χ1) is 14.4. The van der Waals surface area contributed by atoms with Gasteiger partial charge in [-0.05, 0) is 61.2 Å². The molecule has 1 saturated carbocycles. The summed E-state index contributed by atoms with van der Waals surface area (Å²) in [4.78, 5) is 8.93. The molecular formula is C24H26N4O2. The van der Waals surface area contributed by atoms with Gasteiger partial charge in [-0.15, -0.1) is 0 Å². The second kappa shape index (κ2) is 6.99. The van der Waals surface area contributed by atoms with Gasteiger partial charge in [0, 0.05) is 18.8 Å². The third kappa shape index (κ3) is 3.59. The van der Waals surface area contributed by atoms with Crippen molar-refractivity contribution in [3.8, 4) is 16.9 Å². The summed E-state index contributed by atoms with van der Waals surface area (Å²) >= 11 is 0. The number of aliphatic hydroxyl groups is 1. The highest BCUT2D eigenvalue weighted by atomic mass is 16.5. The number of hydrogen-bond donors (Lipinski definition) is 2. The molecule has 0 radical (unpaired) electrons. The maximum atomic E-state index is 10.4. The number of hydrogen-bond acceptors (Lipinski definition) is 5. The van der Waals surface area contributed by atoms with Crippen molar-refractivity contribution in [3.05, 3.63) is 48.9 Å². The molecule has 0 saturated heterocycles. The summed E-state index contributed by atoms with van der Waals surface area (Å²) in [6.45, 7) is 4.05. The molecule has 154 valence electrons. The van der Waals surface area contributed by atoms with Gasteiger partial charge in [0.15, 0.2) is 0 Å². The molecule has 6 heteroatoms. The monoisotopic (exact) mass is 402 g/mol. The van der Waals surface area contributed by atoms with Gasteiger partial charge in [0.1, 0.15) is 23.5 Å². The highest BCUT2D eigenvalue weighted by molar-refractivity contribution is 6.03. The molecule has 6 nitrogen and oxygen atoms in total. The second-order valence-electron chi connectivity index (χ2n) is 8.69. The van der Waals surface area contributed by atoms with E-state index in [2.05, 4.69) is 51.8 Å². The molecule has 30 heavy (non-hydrogen) atoms. The van der Waals surface area contributed by atoms with Crippen LogP contribution in [0, 0.1) is 0 Å². The van der Waals surface area contributed by atoms with E-state index in [1.807, 2.05) is 17.7 Å². The fourth-order valence-electron chi connectivity index (χ4n) is 3.91. The van der Waals surface area contributed by atoms with Crippen LogP contribution in [0.25, 0.3) is 32.9 Å². The summed E-state index contributed by atoms with van der Waals surface area (Å²) < 4.78 is 7.94. The molecular weight excluding hydrogens is 376 g/mol. The van der Waals surface area contributed by atoms with E-state index in [4.69, 9.17) is 4.74 Å². The second-order valence-corrected chi connectivity index (χ2v) is 8.69. The van der Waals surface area contributed by atoms with Crippen LogP contribution in [0.5, 0.6) is 5.75 Å². The lowest BCUT2D eigenvalue weighted by atomic mass is 10.0. The fraction of sp³-hybridized carbons (Fsp3) is 0.333. The van der Waals surface area contributed by atoms with E-state index in [1.165, 1.54) is 0 Å². The zero-order valence-electron chi connectivity index (χ0n) is 17.5. The summed E-state index contributed by atoms with van der Waals surface area (Å²) in [7, 11) is 1.86. The highest BCUT2D eigenvalue weighted by Crippen LogP contribution is 2.36. The van der Waals surface area contributed by atoms with Gasteiger partial charge in [-0.2, -0.15) is 0 Å². The lowest BCUT2D eigenvalue weighted by Crippen LogP contribution is -2.25. The minimum atomic E-state index is -0.852. The summed E-state index contributed by atoms with van der Waals surface area (Å²) in [5.74, 6) is 1.71. The Labute approximate surface area is 175 Å². The molecule has 1 aliphatic carbocycles. The minimum Gasteiger partial charge on any atom is -0.490 e. The molecule has 2 heterocycles. The molecule has 0 aliphatic heterocycles. The normalized spacial score (nSPS) is 14.4. The third-order valence-corrected chi connectivity index (χ3v) is 5.40. The van der Waals surface area contributed by atoms with Gasteiger partial charge in [-0.1, -0.05) is 18.2 Å². The molecule has 0 spiro atoms. The molecule has 0 amide bonds. The van der Waals surface area contributed by atoms with Crippen molar-refractivity contribution in [2.24, 2.45) is 0 Å². The maximum Gasteiger partial charge on any atom is 0.146 e. The molecule has 1 fully saturated rings. The number of benzene rings is 2. The van der Waals surface area contributed by atoms with Crippen molar-refractivity contribution in [1.29, 1.82) is 0 Å². The van der Waals surface area contributed by atoms with E-state index in [0.717, 1.165) is 57.3 Å². The third-order valence-electron chi connectivity index (χ3n) is 5.40. The van der Waals surface area contributed by atoms with Gasteiger partial charge in [0.05, 0.1) is 23.6 Å². The van der Waals surface area contributed by atoms with Crippen molar-refractivity contribution < 1.29 is 9.84 Å². The Balaban J connectivity index is 1.63. The van der Waals surface area contributed by atoms with Crippen LogP contribution >= 0.6 is 0 Å². The highest BCUT2D eigenvalue weighted by Gasteiger charge is 2.24. The molecule has 2 aromatic heterocycles. The standard InChI is InChI=1S/C24H26N4O2/c1-24(2,29)13-28-12-20(21-22(25-3)26-14-27-23(21)28)17-5-4-16-11-19(30-18-8-9-18)7-6-15(16)10-17/h4-7,10-12,14,18,29H,8-9,13H2,1-3H3,(H,25,26,27). The summed E-state index contributed by atoms with van der Waals surface area (Å²) in [5.41, 5.74) is 2.08. The van der Waals surface area contributed by atoms with Crippen LogP contribution in [-0.2, 0) is 6.54 Å². The predicted molar refractivity (Wildman–Crippen MR) is 120 cm³/mol. The van der Waals surface area contributed by atoms with E-state index in [-0.39, 0.29) is 0 Å². The lowest BCUT2D eigenvalue weighted by Gasteiger charge is -2.18. The lowest BCUT2D eigenvalue weighted by molar-refractivity contribution is 0.0627. The number of fused-ring (bicyclic) bond motifs is 2. The predicted octanol–water partition coefficient (Wildman–Crippen LogP) is 4.61. The van der Waals surface area contributed by atoms with Gasteiger partial charge < -0.3 is 19.7 Å². The average Bonchev–Trinajstić information content (AvgIpc) is 3.46. The van der Waals surface area contributed by atoms with Crippen LogP contribution < -0.4 is 10.1 Å². The largest absolute Gasteiger partial charge is 0.490 e. The fourth-order valence-corrected chi connectivity index (χ4v) is 3.91. The molecule has 2 N–H and O–H groups in total. The molecule has 0 atom stereocenters. The van der Waals surface area contributed by atoms with E-state index in [9.17, 15) is 5.11 Å². The van der Waals surface area contributed by atoms with Crippen LogP contribution in [0.3, 0.4) is 0 Å². The van der Waals surface area contributed by atoms with Crippen LogP contribution in [0.4, 0.5) is 5.82 Å². The van der Waals surface area contributed by atoms with Crippen LogP contribution in [-0.4, -0.2) is 38.4 Å². The van der Waals surface area contributed by atoms with Gasteiger partial charge in [-0.3, -0.25) is 0 Å². The summed E-state index contributed by atoms with van der Waals surface area (Å²) in [6, 6.07) is 12.7. The van der Waals surface area contributed by atoms with E-state index >= 15 is 0 Å². The van der Waals surface area contributed by atoms with E-state index in [0.29, 0.717) is 12.6 Å².